The first kappa shape index (κ1) is 6.34. The number of hydrogen-bond acceptors (Lipinski definition) is 1. The fourth-order valence-electron chi connectivity index (χ4n) is 1.13. The van der Waals surface area contributed by atoms with Crippen LogP contribution in [-0.2, 0) is 7.05 Å². The molecule has 0 aliphatic heterocycles. The van der Waals surface area contributed by atoms with E-state index in [0.29, 0.717) is 0 Å². The van der Waals surface area contributed by atoms with Gasteiger partial charge in [-0.15, -0.1) is 0 Å². The second-order valence-corrected chi connectivity index (χ2v) is 2.49. The lowest BCUT2D eigenvalue weighted by Gasteiger charge is -1.92. The second-order valence-electron chi connectivity index (χ2n) is 2.49. The van der Waals surface area contributed by atoms with Gasteiger partial charge in [-0.05, 0) is 12.1 Å². The van der Waals surface area contributed by atoms with E-state index < -0.39 is 0 Å². The molecule has 0 atom stereocenters. The van der Waals surface area contributed by atoms with Gasteiger partial charge in [0, 0.05) is 18.6 Å². The molecule has 0 bridgehead atoms. The fourth-order valence-corrected chi connectivity index (χ4v) is 1.13. The third-order valence-electron chi connectivity index (χ3n) is 1.67. The number of hydrogen-bond donors (Lipinski definition) is 0. The van der Waals surface area contributed by atoms with Crippen LogP contribution in [0, 0.1) is 5.82 Å². The first-order valence-corrected chi connectivity index (χ1v) is 3.34. The quantitative estimate of drug-likeness (QED) is 0.559. The van der Waals surface area contributed by atoms with Gasteiger partial charge in [0.1, 0.15) is 11.5 Å². The van der Waals surface area contributed by atoms with Crippen LogP contribution in [0.25, 0.3) is 11.0 Å². The van der Waals surface area contributed by atoms with Crippen molar-refractivity contribution < 1.29 is 4.39 Å². The highest BCUT2D eigenvalue weighted by atomic mass is 19.1. The predicted octanol–water partition coefficient (Wildman–Crippen LogP) is 1.71. The molecule has 0 radical (unpaired) electrons. The van der Waals surface area contributed by atoms with E-state index in [9.17, 15) is 4.39 Å². The van der Waals surface area contributed by atoms with Gasteiger partial charge in [0.05, 0.1) is 6.20 Å². The van der Waals surface area contributed by atoms with Crippen LogP contribution in [0.5, 0.6) is 0 Å². The number of halogens is 1. The number of fused-ring (bicyclic) bond motifs is 1. The van der Waals surface area contributed by atoms with E-state index in [-0.39, 0.29) is 5.82 Å². The zero-order chi connectivity index (χ0) is 7.84. The summed E-state index contributed by atoms with van der Waals surface area (Å²) in [6.45, 7) is 0. The SMILES string of the molecule is Cn1ccc2cc(F)cnc21. The Morgan fingerprint density at radius 3 is 3.18 bits per heavy atom. The van der Waals surface area contributed by atoms with Crippen molar-refractivity contribution in [2.24, 2.45) is 7.05 Å². The fraction of sp³-hybridized carbons (Fsp3) is 0.125. The van der Waals surface area contributed by atoms with Crippen LogP contribution in [0.1, 0.15) is 0 Å². The Balaban J connectivity index is 2.86. The van der Waals surface area contributed by atoms with Crippen molar-refractivity contribution in [3.8, 4) is 0 Å². The van der Waals surface area contributed by atoms with Gasteiger partial charge >= 0.3 is 0 Å². The van der Waals surface area contributed by atoms with E-state index >= 15 is 0 Å². The standard InChI is InChI=1S/C8H7FN2/c1-11-3-2-6-4-7(9)5-10-8(6)11/h2-5H,1H3. The van der Waals surface area contributed by atoms with Gasteiger partial charge in [0.2, 0.25) is 0 Å². The number of nitrogens with zero attached hydrogens (tertiary/aromatic N) is 2. The summed E-state index contributed by atoms with van der Waals surface area (Å²) in [5, 5.41) is 0.840. The van der Waals surface area contributed by atoms with Crippen LogP contribution < -0.4 is 0 Å². The molecule has 0 saturated carbocycles. The molecule has 11 heavy (non-hydrogen) atoms. The minimum atomic E-state index is -0.288. The van der Waals surface area contributed by atoms with Gasteiger partial charge in [0.15, 0.2) is 0 Å². The Morgan fingerprint density at radius 1 is 1.55 bits per heavy atom. The molecule has 0 amide bonds. The molecule has 0 N–H and O–H groups in total. The highest BCUT2D eigenvalue weighted by Crippen LogP contribution is 2.12. The molecule has 2 nitrogen and oxygen atoms in total. The Labute approximate surface area is 63.3 Å². The van der Waals surface area contributed by atoms with Gasteiger partial charge in [0.25, 0.3) is 0 Å². The average Bonchev–Trinajstić information content (AvgIpc) is 2.32. The highest BCUT2D eigenvalue weighted by molar-refractivity contribution is 5.75. The molecule has 0 spiro atoms. The van der Waals surface area contributed by atoms with Crippen molar-refractivity contribution in [3.63, 3.8) is 0 Å². The maximum Gasteiger partial charge on any atom is 0.142 e. The average molecular weight is 150 g/mol. The normalized spacial score (nSPS) is 10.7. The van der Waals surface area contributed by atoms with Gasteiger partial charge in [-0.2, -0.15) is 0 Å². The number of aromatic nitrogens is 2. The van der Waals surface area contributed by atoms with Crippen LogP contribution in [0.3, 0.4) is 0 Å². The molecular weight excluding hydrogens is 143 g/mol. The summed E-state index contributed by atoms with van der Waals surface area (Å²) in [4.78, 5) is 3.93. The Morgan fingerprint density at radius 2 is 2.36 bits per heavy atom. The monoisotopic (exact) mass is 150 g/mol. The van der Waals surface area contributed by atoms with E-state index in [1.54, 1.807) is 0 Å². The summed E-state index contributed by atoms with van der Waals surface area (Å²) in [5.74, 6) is -0.288. The summed E-state index contributed by atoms with van der Waals surface area (Å²) in [6, 6.07) is 3.31. The summed E-state index contributed by atoms with van der Waals surface area (Å²) < 4.78 is 14.4. The predicted molar refractivity (Wildman–Crippen MR) is 40.7 cm³/mol. The molecule has 0 unspecified atom stereocenters. The Bertz CT molecular complexity index is 392. The number of aryl methyl sites for hydroxylation is 1. The lowest BCUT2D eigenvalue weighted by Crippen LogP contribution is -1.87. The first-order valence-electron chi connectivity index (χ1n) is 3.34. The van der Waals surface area contributed by atoms with Gasteiger partial charge in [-0.1, -0.05) is 0 Å². The number of pyridine rings is 1. The lowest BCUT2D eigenvalue weighted by atomic mass is 10.3. The van der Waals surface area contributed by atoms with Crippen molar-refractivity contribution in [3.05, 3.63) is 30.3 Å². The third-order valence-corrected chi connectivity index (χ3v) is 1.67. The molecule has 2 heterocycles. The first-order chi connectivity index (χ1) is 5.27. The van der Waals surface area contributed by atoms with Crippen LogP contribution in [0.15, 0.2) is 24.5 Å². The molecule has 0 saturated heterocycles. The van der Waals surface area contributed by atoms with E-state index in [0.717, 1.165) is 11.0 Å². The van der Waals surface area contributed by atoms with Crippen molar-refractivity contribution >= 4 is 11.0 Å². The molecule has 3 heteroatoms. The van der Waals surface area contributed by atoms with E-state index in [4.69, 9.17) is 0 Å². The van der Waals surface area contributed by atoms with Crippen molar-refractivity contribution in [1.82, 2.24) is 9.55 Å². The maximum atomic E-state index is 12.6. The number of rotatable bonds is 0. The molecule has 2 aromatic heterocycles. The molecule has 56 valence electrons. The van der Waals surface area contributed by atoms with E-state index in [1.807, 2.05) is 23.9 Å². The Kier molecular flexibility index (Phi) is 1.18. The minimum absolute atomic E-state index is 0.288. The second kappa shape index (κ2) is 2.05. The summed E-state index contributed by atoms with van der Waals surface area (Å²) in [5.41, 5.74) is 0.811. The summed E-state index contributed by atoms with van der Waals surface area (Å²) >= 11 is 0. The van der Waals surface area contributed by atoms with Gasteiger partial charge in [-0.25, -0.2) is 9.37 Å². The molecule has 0 fully saturated rings. The van der Waals surface area contributed by atoms with Crippen LogP contribution in [-0.4, -0.2) is 9.55 Å². The summed E-state index contributed by atoms with van der Waals surface area (Å²) in [7, 11) is 1.88. The topological polar surface area (TPSA) is 17.8 Å². The molecule has 0 aliphatic rings. The third kappa shape index (κ3) is 0.888. The van der Waals surface area contributed by atoms with Crippen molar-refractivity contribution in [2.75, 3.05) is 0 Å². The van der Waals surface area contributed by atoms with E-state index in [1.165, 1.54) is 12.3 Å². The smallest absolute Gasteiger partial charge is 0.142 e. The van der Waals surface area contributed by atoms with Crippen LogP contribution in [0.4, 0.5) is 4.39 Å². The zero-order valence-electron chi connectivity index (χ0n) is 6.08. The minimum Gasteiger partial charge on any atom is -0.336 e. The highest BCUT2D eigenvalue weighted by Gasteiger charge is 1.98. The van der Waals surface area contributed by atoms with Crippen LogP contribution in [0.2, 0.25) is 0 Å². The molecule has 0 aromatic carbocycles. The summed E-state index contributed by atoms with van der Waals surface area (Å²) in [6.07, 6.45) is 3.08. The molecular formula is C8H7FN2. The Hall–Kier alpha value is -1.38. The lowest BCUT2D eigenvalue weighted by molar-refractivity contribution is 0.624. The van der Waals surface area contributed by atoms with Crippen molar-refractivity contribution in [1.29, 1.82) is 0 Å². The van der Waals surface area contributed by atoms with E-state index in [2.05, 4.69) is 4.98 Å². The van der Waals surface area contributed by atoms with Crippen molar-refractivity contribution in [2.45, 2.75) is 0 Å². The van der Waals surface area contributed by atoms with Gasteiger partial charge < -0.3 is 4.57 Å². The molecule has 2 rings (SSSR count). The van der Waals surface area contributed by atoms with Gasteiger partial charge in [-0.3, -0.25) is 0 Å². The largest absolute Gasteiger partial charge is 0.336 e. The molecule has 0 aliphatic carbocycles. The zero-order valence-corrected chi connectivity index (χ0v) is 6.08. The maximum absolute atomic E-state index is 12.6. The van der Waals surface area contributed by atoms with Crippen LogP contribution >= 0.6 is 0 Å². The molecule has 2 aromatic rings.